The van der Waals surface area contributed by atoms with Gasteiger partial charge < -0.3 is 10.5 Å². The predicted octanol–water partition coefficient (Wildman–Crippen LogP) is 2.67. The first-order valence-electron chi connectivity index (χ1n) is 4.81. The predicted molar refractivity (Wildman–Crippen MR) is 62.2 cm³/mol. The third-order valence-electron chi connectivity index (χ3n) is 1.98. The average Bonchev–Trinajstić information content (AvgIpc) is 2.27. The normalized spacial score (nSPS) is 10.6. The molecule has 1 aromatic rings. The number of esters is 1. The first kappa shape index (κ1) is 13.8. The van der Waals surface area contributed by atoms with E-state index in [9.17, 15) is 13.6 Å². The lowest BCUT2D eigenvalue weighted by atomic mass is 10.1. The van der Waals surface area contributed by atoms with Crippen molar-refractivity contribution in [1.82, 2.24) is 4.98 Å². The second kappa shape index (κ2) is 5.90. The van der Waals surface area contributed by atoms with Crippen molar-refractivity contribution in [3.05, 3.63) is 22.9 Å². The molecule has 2 N–H and O–H groups in total. The number of alkyl halides is 3. The molecule has 0 aromatic carbocycles. The van der Waals surface area contributed by atoms with Crippen LogP contribution in [-0.2, 0) is 10.1 Å². The van der Waals surface area contributed by atoms with Gasteiger partial charge in [-0.05, 0) is 13.0 Å². The van der Waals surface area contributed by atoms with E-state index in [4.69, 9.17) is 5.73 Å². The molecular weight excluding hydrogens is 298 g/mol. The summed E-state index contributed by atoms with van der Waals surface area (Å²) in [5.74, 6) is -1.12. The summed E-state index contributed by atoms with van der Waals surface area (Å²) in [5, 5.41) is 0.278. The molecule has 0 saturated heterocycles. The quantitative estimate of drug-likeness (QED) is 0.686. The molecule has 0 saturated carbocycles. The molecule has 0 fully saturated rings. The van der Waals surface area contributed by atoms with Gasteiger partial charge in [0.25, 0.3) is 6.43 Å². The Hall–Kier alpha value is -1.24. The molecule has 17 heavy (non-hydrogen) atoms. The van der Waals surface area contributed by atoms with Gasteiger partial charge in [-0.2, -0.15) is 0 Å². The molecule has 94 valence electrons. The van der Waals surface area contributed by atoms with Gasteiger partial charge in [-0.3, -0.25) is 0 Å². The minimum absolute atomic E-state index is 0.0845. The highest BCUT2D eigenvalue weighted by Gasteiger charge is 2.24. The van der Waals surface area contributed by atoms with Crippen molar-refractivity contribution in [2.75, 3.05) is 12.3 Å². The van der Waals surface area contributed by atoms with E-state index in [1.54, 1.807) is 6.92 Å². The Bertz CT molecular complexity index is 427. The van der Waals surface area contributed by atoms with Crippen molar-refractivity contribution in [1.29, 1.82) is 0 Å². The van der Waals surface area contributed by atoms with Crippen molar-refractivity contribution >= 4 is 27.7 Å². The number of ether oxygens (including phenoxy) is 1. The highest BCUT2D eigenvalue weighted by molar-refractivity contribution is 9.08. The summed E-state index contributed by atoms with van der Waals surface area (Å²) < 4.78 is 30.3. The second-order valence-electron chi connectivity index (χ2n) is 3.12. The van der Waals surface area contributed by atoms with Crippen LogP contribution < -0.4 is 5.73 Å². The molecule has 7 heteroatoms. The molecule has 0 radical (unpaired) electrons. The van der Waals surface area contributed by atoms with Crippen LogP contribution in [0.15, 0.2) is 6.07 Å². The van der Waals surface area contributed by atoms with E-state index >= 15 is 0 Å². The number of carbonyl (C=O) groups is 1. The summed E-state index contributed by atoms with van der Waals surface area (Å²) in [4.78, 5) is 15.3. The van der Waals surface area contributed by atoms with Crippen LogP contribution in [0.3, 0.4) is 0 Å². The molecule has 0 aliphatic rings. The van der Waals surface area contributed by atoms with Crippen LogP contribution in [0.4, 0.5) is 14.6 Å². The minimum Gasteiger partial charge on any atom is -0.462 e. The monoisotopic (exact) mass is 308 g/mol. The van der Waals surface area contributed by atoms with E-state index in [1.807, 2.05) is 0 Å². The topological polar surface area (TPSA) is 65.2 Å². The molecule has 0 atom stereocenters. The van der Waals surface area contributed by atoms with Crippen LogP contribution in [0.1, 0.15) is 35.0 Å². The maximum Gasteiger partial charge on any atom is 0.342 e. The fraction of sp³-hybridized carbons (Fsp3) is 0.400. The number of rotatable bonds is 4. The number of anilines is 1. The van der Waals surface area contributed by atoms with Crippen molar-refractivity contribution in [2.45, 2.75) is 18.7 Å². The van der Waals surface area contributed by atoms with Crippen LogP contribution in [0.5, 0.6) is 0 Å². The number of pyridine rings is 1. The molecule has 0 aliphatic heterocycles. The maximum atomic E-state index is 12.8. The first-order chi connectivity index (χ1) is 8.01. The summed E-state index contributed by atoms with van der Waals surface area (Å²) in [6.45, 7) is 1.66. The lowest BCUT2D eigenvalue weighted by Crippen LogP contribution is -2.14. The molecule has 0 spiro atoms. The van der Waals surface area contributed by atoms with Gasteiger partial charge >= 0.3 is 5.97 Å². The Morgan fingerprint density at radius 1 is 1.65 bits per heavy atom. The maximum absolute atomic E-state index is 12.8. The fourth-order valence-corrected chi connectivity index (χ4v) is 1.60. The van der Waals surface area contributed by atoms with Gasteiger partial charge in [-0.1, -0.05) is 15.9 Å². The highest BCUT2D eigenvalue weighted by atomic mass is 79.9. The van der Waals surface area contributed by atoms with E-state index in [2.05, 4.69) is 25.7 Å². The van der Waals surface area contributed by atoms with Crippen molar-refractivity contribution < 1.29 is 18.3 Å². The van der Waals surface area contributed by atoms with Gasteiger partial charge in [0.05, 0.1) is 12.3 Å². The van der Waals surface area contributed by atoms with Gasteiger partial charge in [0, 0.05) is 10.9 Å². The van der Waals surface area contributed by atoms with Gasteiger partial charge in [0.15, 0.2) is 0 Å². The fourth-order valence-electron chi connectivity index (χ4n) is 1.31. The molecule has 4 nitrogen and oxygen atoms in total. The van der Waals surface area contributed by atoms with Crippen molar-refractivity contribution in [2.24, 2.45) is 0 Å². The molecule has 1 heterocycles. The standard InChI is InChI=1S/C10H11BrF2N2O2/c1-2-17-10(16)7-6(8(12)13)3-5(4-11)15-9(7)14/h3,8H,2,4H2,1H3,(H2,14,15). The molecule has 0 bridgehead atoms. The molecule has 0 amide bonds. The SMILES string of the molecule is CCOC(=O)c1c(C(F)F)cc(CBr)nc1N. The summed E-state index contributed by atoms with van der Waals surface area (Å²) in [6, 6.07) is 1.14. The number of halogens is 3. The van der Waals surface area contributed by atoms with E-state index in [0.717, 1.165) is 6.07 Å². The third kappa shape index (κ3) is 3.12. The lowest BCUT2D eigenvalue weighted by Gasteiger charge is -2.11. The van der Waals surface area contributed by atoms with Crippen molar-refractivity contribution in [3.8, 4) is 0 Å². The van der Waals surface area contributed by atoms with Crippen LogP contribution in [-0.4, -0.2) is 17.6 Å². The summed E-state index contributed by atoms with van der Waals surface area (Å²) >= 11 is 3.09. The van der Waals surface area contributed by atoms with E-state index in [0.29, 0.717) is 5.69 Å². The number of nitrogen functional groups attached to an aromatic ring is 1. The number of nitrogens with two attached hydrogens (primary N) is 1. The van der Waals surface area contributed by atoms with Crippen LogP contribution >= 0.6 is 15.9 Å². The number of hydrogen-bond acceptors (Lipinski definition) is 4. The molecule has 1 aromatic heterocycles. The van der Waals surface area contributed by atoms with Crippen LogP contribution in [0, 0.1) is 0 Å². The van der Waals surface area contributed by atoms with E-state index in [1.165, 1.54) is 0 Å². The zero-order valence-electron chi connectivity index (χ0n) is 9.04. The largest absolute Gasteiger partial charge is 0.462 e. The second-order valence-corrected chi connectivity index (χ2v) is 3.68. The number of carbonyl (C=O) groups excluding carboxylic acids is 1. The Morgan fingerprint density at radius 2 is 2.29 bits per heavy atom. The Kier molecular flexibility index (Phi) is 4.80. The molecule has 0 unspecified atom stereocenters. The highest BCUT2D eigenvalue weighted by Crippen LogP contribution is 2.28. The zero-order chi connectivity index (χ0) is 13.0. The average molecular weight is 309 g/mol. The zero-order valence-corrected chi connectivity index (χ0v) is 10.6. The summed E-state index contributed by atoms with van der Waals surface area (Å²) in [6.07, 6.45) is -2.81. The number of aromatic nitrogens is 1. The van der Waals surface area contributed by atoms with Crippen LogP contribution in [0.2, 0.25) is 0 Å². The van der Waals surface area contributed by atoms with E-state index < -0.39 is 18.0 Å². The molecule has 0 aliphatic carbocycles. The number of hydrogen-bond donors (Lipinski definition) is 1. The minimum atomic E-state index is -2.81. The Morgan fingerprint density at radius 3 is 2.76 bits per heavy atom. The van der Waals surface area contributed by atoms with Gasteiger partial charge in [-0.15, -0.1) is 0 Å². The van der Waals surface area contributed by atoms with Gasteiger partial charge in [0.2, 0.25) is 0 Å². The summed E-state index contributed by atoms with van der Waals surface area (Å²) in [7, 11) is 0. The molecular formula is C10H11BrF2N2O2. The third-order valence-corrected chi connectivity index (χ3v) is 2.56. The molecule has 1 rings (SSSR count). The lowest BCUT2D eigenvalue weighted by molar-refractivity contribution is 0.0516. The van der Waals surface area contributed by atoms with Gasteiger partial charge in [0.1, 0.15) is 11.4 Å². The first-order valence-corrected chi connectivity index (χ1v) is 5.93. The smallest absolute Gasteiger partial charge is 0.342 e. The van der Waals surface area contributed by atoms with Crippen LogP contribution in [0.25, 0.3) is 0 Å². The van der Waals surface area contributed by atoms with Crippen molar-refractivity contribution in [3.63, 3.8) is 0 Å². The van der Waals surface area contributed by atoms with Gasteiger partial charge in [-0.25, -0.2) is 18.6 Å². The summed E-state index contributed by atoms with van der Waals surface area (Å²) in [5.41, 5.74) is 5.03. The Labute approximate surface area is 105 Å². The Balaban J connectivity index is 3.31. The van der Waals surface area contributed by atoms with E-state index in [-0.39, 0.29) is 23.3 Å². The number of nitrogens with zero attached hydrogens (tertiary/aromatic N) is 1.